The Hall–Kier alpha value is -4.62. The van der Waals surface area contributed by atoms with Gasteiger partial charge in [-0.1, -0.05) is 59.6 Å². The Morgan fingerprint density at radius 1 is 1.17 bits per heavy atom. The van der Waals surface area contributed by atoms with Gasteiger partial charge in [-0.15, -0.1) is 11.3 Å². The summed E-state index contributed by atoms with van der Waals surface area (Å²) in [6, 6.07) is 11.2. The standard InChI is InChI=1S/C44H60N8O4S.C4H8.CH5N/c1-10-46-30(4)34(43(54)29(3)13-12-16-48-45)23-40-49-38(26-57-40)32-14-15-39-35(21-32)37(24-44(6,7)27-56-28-53)42(52(39)11-2)36-22-33(25-47-41(36)31(5)55-9)51-19-17-50(8)18-20-51;1-4-2-3-4;1-2/h1,14-15,21-22,25-26,28-29,31,34,46,48H,4,11-13,16-20,23-24,27,45H2,2-3,5-9H3;4H,2-3H2,1H3;2H2,1H3. The summed E-state index contributed by atoms with van der Waals surface area (Å²) in [6.07, 6.45) is 12.8. The van der Waals surface area contributed by atoms with Crippen LogP contribution in [-0.4, -0.2) is 92.2 Å². The third kappa shape index (κ3) is 13.7. The Labute approximate surface area is 380 Å². The summed E-state index contributed by atoms with van der Waals surface area (Å²) in [7, 11) is 5.38. The van der Waals surface area contributed by atoms with Crippen LogP contribution in [0.3, 0.4) is 0 Å². The molecule has 3 atom stereocenters. The number of fused-ring (bicyclic) bond motifs is 1. The summed E-state index contributed by atoms with van der Waals surface area (Å²) < 4.78 is 13.7. The summed E-state index contributed by atoms with van der Waals surface area (Å²) in [5.41, 5.74) is 15.4. The summed E-state index contributed by atoms with van der Waals surface area (Å²) in [6.45, 7) is 22.8. The Morgan fingerprint density at radius 2 is 1.87 bits per heavy atom. The molecular weight excluding hydrogens is 811 g/mol. The molecular formula is C49H73N9O4S. The molecule has 14 heteroatoms. The number of aryl methyl sites for hydroxylation is 1. The van der Waals surface area contributed by atoms with Gasteiger partial charge < -0.3 is 34.9 Å². The number of hydrazine groups is 1. The van der Waals surface area contributed by atoms with Crippen LogP contribution in [0.4, 0.5) is 5.69 Å². The number of likely N-dealkylation sites (N-methyl/N-ethyl adjacent to an activating group) is 1. The predicted molar refractivity (Wildman–Crippen MR) is 259 cm³/mol. The van der Waals surface area contributed by atoms with Gasteiger partial charge in [-0.2, -0.15) is 0 Å². The van der Waals surface area contributed by atoms with E-state index in [1.165, 1.54) is 31.2 Å². The van der Waals surface area contributed by atoms with E-state index in [1.54, 1.807) is 7.11 Å². The monoisotopic (exact) mass is 884 g/mol. The minimum absolute atomic E-state index is 0.0746. The fourth-order valence-electron chi connectivity index (χ4n) is 7.96. The van der Waals surface area contributed by atoms with Crippen molar-refractivity contribution in [2.45, 2.75) is 92.7 Å². The Kier molecular flexibility index (Phi) is 19.8. The van der Waals surface area contributed by atoms with Crippen LogP contribution in [0.25, 0.3) is 33.4 Å². The van der Waals surface area contributed by atoms with E-state index in [1.807, 2.05) is 25.4 Å². The van der Waals surface area contributed by atoms with Gasteiger partial charge in [0.15, 0.2) is 0 Å². The van der Waals surface area contributed by atoms with Crippen molar-refractivity contribution in [3.05, 3.63) is 64.4 Å². The normalized spacial score (nSPS) is 15.6. The molecule has 1 saturated carbocycles. The van der Waals surface area contributed by atoms with E-state index in [0.717, 1.165) is 100 Å². The smallest absolute Gasteiger partial charge is 0.293 e. The first-order valence-electron chi connectivity index (χ1n) is 22.3. The van der Waals surface area contributed by atoms with Crippen molar-refractivity contribution in [2.24, 2.45) is 34.7 Å². The van der Waals surface area contributed by atoms with Gasteiger partial charge in [-0.25, -0.2) is 4.98 Å². The number of hydrogen-bond acceptors (Lipinski definition) is 13. The van der Waals surface area contributed by atoms with E-state index < -0.39 is 5.92 Å². The lowest BCUT2D eigenvalue weighted by molar-refractivity contribution is -0.131. The first-order valence-corrected chi connectivity index (χ1v) is 23.2. The molecule has 1 aliphatic carbocycles. The SMILES string of the molecule is C#CNC(=C)C(Cc1nc(-c2ccc3c(c2)c(CC(C)(C)COC=O)c(-c2cc(N4CCN(C)CC4)cnc2C(C)OC)n3CC)cs1)C(=O)C(C)CCCNN.CC1CC1.CN. The topological polar surface area (TPSA) is 166 Å². The van der Waals surface area contributed by atoms with Gasteiger partial charge in [-0.3, -0.25) is 25.8 Å². The molecule has 6 rings (SSSR count). The number of Topliss-reactive ketones (excluding diaryl/α,β-unsaturated/α-hetero) is 1. The van der Waals surface area contributed by atoms with Gasteiger partial charge in [0.1, 0.15) is 5.78 Å². The van der Waals surface area contributed by atoms with Crippen molar-refractivity contribution < 1.29 is 19.1 Å². The van der Waals surface area contributed by atoms with Crippen LogP contribution < -0.4 is 27.2 Å². The Balaban J connectivity index is 0.00000135. The number of benzene rings is 1. The highest BCUT2D eigenvalue weighted by molar-refractivity contribution is 7.10. The number of ether oxygens (including phenoxy) is 2. The minimum atomic E-state index is -0.522. The van der Waals surface area contributed by atoms with Crippen LogP contribution in [0, 0.1) is 35.6 Å². The van der Waals surface area contributed by atoms with Crippen LogP contribution in [-0.2, 0) is 38.4 Å². The molecule has 3 unspecified atom stereocenters. The molecule has 0 bridgehead atoms. The number of nitrogens with one attached hydrogen (secondary N) is 2. The second kappa shape index (κ2) is 24.4. The van der Waals surface area contributed by atoms with Crippen LogP contribution in [0.5, 0.6) is 0 Å². The molecule has 3 aromatic heterocycles. The maximum Gasteiger partial charge on any atom is 0.293 e. The molecule has 1 saturated heterocycles. The lowest BCUT2D eigenvalue weighted by Crippen LogP contribution is -2.44. The summed E-state index contributed by atoms with van der Waals surface area (Å²) in [4.78, 5) is 40.0. The van der Waals surface area contributed by atoms with Gasteiger partial charge in [0.25, 0.3) is 6.47 Å². The number of nitrogens with two attached hydrogens (primary N) is 2. The number of pyridine rings is 1. The lowest BCUT2D eigenvalue weighted by atomic mass is 9.84. The molecule has 2 aliphatic rings. The molecule has 6 N–H and O–H groups in total. The molecule has 63 heavy (non-hydrogen) atoms. The summed E-state index contributed by atoms with van der Waals surface area (Å²) >= 11 is 1.53. The molecule has 0 spiro atoms. The summed E-state index contributed by atoms with van der Waals surface area (Å²) in [5, 5.41) is 6.81. The van der Waals surface area contributed by atoms with Crippen LogP contribution >= 0.6 is 11.3 Å². The fraction of sp³-hybridized carbons (Fsp3) is 0.551. The van der Waals surface area contributed by atoms with Crippen molar-refractivity contribution in [1.82, 2.24) is 30.2 Å². The third-order valence-electron chi connectivity index (χ3n) is 12.0. The number of anilines is 1. The van der Waals surface area contributed by atoms with E-state index in [4.69, 9.17) is 31.7 Å². The number of nitrogens with zero attached hydrogens (tertiary/aromatic N) is 5. The highest BCUT2D eigenvalue weighted by Gasteiger charge is 2.31. The highest BCUT2D eigenvalue weighted by atomic mass is 32.1. The highest BCUT2D eigenvalue weighted by Crippen LogP contribution is 2.43. The largest absolute Gasteiger partial charge is 0.467 e. The van der Waals surface area contributed by atoms with Gasteiger partial charge in [0.2, 0.25) is 0 Å². The van der Waals surface area contributed by atoms with Crippen molar-refractivity contribution in [3.63, 3.8) is 0 Å². The number of carbonyl (C=O) groups excluding carboxylic acids is 2. The van der Waals surface area contributed by atoms with Crippen molar-refractivity contribution in [2.75, 3.05) is 65.4 Å². The van der Waals surface area contributed by atoms with Crippen molar-refractivity contribution in [3.8, 4) is 35.0 Å². The van der Waals surface area contributed by atoms with E-state index in [9.17, 15) is 9.59 Å². The lowest BCUT2D eigenvalue weighted by Gasteiger charge is -2.34. The van der Waals surface area contributed by atoms with Crippen LogP contribution in [0.1, 0.15) is 89.6 Å². The number of carbonyl (C=O) groups is 2. The third-order valence-corrected chi connectivity index (χ3v) is 12.9. The van der Waals surface area contributed by atoms with E-state index >= 15 is 0 Å². The number of piperazine rings is 1. The average Bonchev–Trinajstić information content (AvgIpc) is 3.82. The van der Waals surface area contributed by atoms with E-state index in [-0.39, 0.29) is 29.8 Å². The van der Waals surface area contributed by atoms with Gasteiger partial charge in [0, 0.05) is 103 Å². The number of methoxy groups -OCH3 is 1. The molecule has 0 amide bonds. The molecule has 4 heterocycles. The maximum atomic E-state index is 13.7. The van der Waals surface area contributed by atoms with Crippen molar-refractivity contribution >= 4 is 40.2 Å². The number of terminal acetylenes is 1. The molecule has 4 aromatic rings. The number of allylic oxidation sites excluding steroid dienone is 1. The number of ketones is 1. The van der Waals surface area contributed by atoms with Gasteiger partial charge >= 0.3 is 0 Å². The zero-order chi connectivity index (χ0) is 46.3. The van der Waals surface area contributed by atoms with Crippen LogP contribution in [0.15, 0.2) is 48.1 Å². The number of thiazole rings is 1. The predicted octanol–water partition coefficient (Wildman–Crippen LogP) is 7.34. The molecule has 344 valence electrons. The average molecular weight is 884 g/mol. The maximum absolute atomic E-state index is 13.7. The van der Waals surface area contributed by atoms with Gasteiger partial charge in [0.05, 0.1) is 52.6 Å². The molecule has 1 aliphatic heterocycles. The number of hydrogen-bond donors (Lipinski definition) is 4. The number of rotatable bonds is 21. The number of aromatic nitrogens is 3. The van der Waals surface area contributed by atoms with Crippen molar-refractivity contribution in [1.29, 1.82) is 0 Å². The second-order valence-corrected chi connectivity index (χ2v) is 18.5. The second-order valence-electron chi connectivity index (χ2n) is 17.6. The molecule has 1 aromatic carbocycles. The molecule has 0 radical (unpaired) electrons. The van der Waals surface area contributed by atoms with E-state index in [0.29, 0.717) is 38.0 Å². The van der Waals surface area contributed by atoms with Gasteiger partial charge in [-0.05, 0) is 76.9 Å². The Morgan fingerprint density at radius 3 is 2.48 bits per heavy atom. The van der Waals surface area contributed by atoms with E-state index in [2.05, 4.69) is 102 Å². The van der Waals surface area contributed by atoms with Crippen LogP contribution in [0.2, 0.25) is 0 Å². The zero-order valence-corrected chi connectivity index (χ0v) is 40.1. The zero-order valence-electron chi connectivity index (χ0n) is 39.3. The first-order chi connectivity index (χ1) is 30.2. The molecule has 2 fully saturated rings. The molecule has 13 nitrogen and oxygen atoms in total. The minimum Gasteiger partial charge on any atom is -0.467 e. The Bertz CT molecular complexity index is 2150. The summed E-state index contributed by atoms with van der Waals surface area (Å²) in [5.74, 6) is 5.90. The quantitative estimate of drug-likeness (QED) is 0.0165. The first kappa shape index (κ1) is 51.0. The fourth-order valence-corrected chi connectivity index (χ4v) is 8.82.